The SMILES string of the molecule is CNC1CCCCC1(I)NC. The van der Waals surface area contributed by atoms with E-state index in [2.05, 4.69) is 47.3 Å². The van der Waals surface area contributed by atoms with E-state index < -0.39 is 0 Å². The molecular weight excluding hydrogens is 251 g/mol. The van der Waals surface area contributed by atoms with Crippen LogP contribution in [0.4, 0.5) is 0 Å². The lowest BCUT2D eigenvalue weighted by molar-refractivity contribution is 0.294. The van der Waals surface area contributed by atoms with E-state index in [0.717, 1.165) is 0 Å². The Labute approximate surface area is 82.6 Å². The van der Waals surface area contributed by atoms with E-state index in [4.69, 9.17) is 0 Å². The predicted octanol–water partition coefficient (Wildman–Crippen LogP) is 1.50. The zero-order valence-electron chi connectivity index (χ0n) is 7.28. The molecular formula is C8H17IN2. The van der Waals surface area contributed by atoms with Crippen LogP contribution in [0.15, 0.2) is 0 Å². The minimum atomic E-state index is 0.296. The van der Waals surface area contributed by atoms with Gasteiger partial charge in [0.15, 0.2) is 0 Å². The number of likely N-dealkylation sites (N-methyl/N-ethyl adjacent to an activating group) is 2. The molecule has 0 aromatic rings. The standard InChI is InChI=1S/C8H17IN2/c1-10-7-5-3-4-6-8(7,9)11-2/h7,10-11H,3-6H2,1-2H3. The Morgan fingerprint density at radius 1 is 1.36 bits per heavy atom. The third-order valence-electron chi connectivity index (χ3n) is 2.60. The molecule has 1 aliphatic rings. The summed E-state index contributed by atoms with van der Waals surface area (Å²) in [5.41, 5.74) is 0. The first-order valence-corrected chi connectivity index (χ1v) is 5.36. The third-order valence-corrected chi connectivity index (χ3v) is 4.43. The van der Waals surface area contributed by atoms with Gasteiger partial charge in [-0.05, 0) is 26.9 Å². The normalized spacial score (nSPS) is 39.0. The van der Waals surface area contributed by atoms with E-state index in [1.165, 1.54) is 25.7 Å². The second kappa shape index (κ2) is 4.05. The molecule has 1 aliphatic carbocycles. The van der Waals surface area contributed by atoms with Crippen molar-refractivity contribution in [2.75, 3.05) is 14.1 Å². The fourth-order valence-electron chi connectivity index (χ4n) is 1.81. The molecule has 0 aliphatic heterocycles. The van der Waals surface area contributed by atoms with Gasteiger partial charge in [0.05, 0.1) is 3.55 Å². The minimum Gasteiger partial charge on any atom is -0.314 e. The van der Waals surface area contributed by atoms with Crippen LogP contribution in [0.5, 0.6) is 0 Å². The summed E-state index contributed by atoms with van der Waals surface area (Å²) in [7, 11) is 4.11. The Balaban J connectivity index is 2.57. The number of hydrogen-bond acceptors (Lipinski definition) is 2. The molecule has 11 heavy (non-hydrogen) atoms. The molecule has 66 valence electrons. The van der Waals surface area contributed by atoms with Gasteiger partial charge in [-0.2, -0.15) is 0 Å². The molecule has 0 saturated heterocycles. The summed E-state index contributed by atoms with van der Waals surface area (Å²) >= 11 is 2.54. The second-order valence-electron chi connectivity index (χ2n) is 3.20. The lowest BCUT2D eigenvalue weighted by Gasteiger charge is -2.39. The number of hydrogen-bond donors (Lipinski definition) is 2. The molecule has 1 fully saturated rings. The van der Waals surface area contributed by atoms with Crippen molar-refractivity contribution in [3.8, 4) is 0 Å². The van der Waals surface area contributed by atoms with Crippen LogP contribution >= 0.6 is 22.6 Å². The number of halogens is 1. The molecule has 0 aromatic carbocycles. The molecule has 1 rings (SSSR count). The van der Waals surface area contributed by atoms with Crippen molar-refractivity contribution in [2.45, 2.75) is 35.3 Å². The van der Waals surface area contributed by atoms with E-state index in [0.29, 0.717) is 9.59 Å². The van der Waals surface area contributed by atoms with E-state index >= 15 is 0 Å². The zero-order chi connectivity index (χ0) is 8.32. The van der Waals surface area contributed by atoms with Crippen molar-refractivity contribution in [3.05, 3.63) is 0 Å². The van der Waals surface area contributed by atoms with E-state index in [1.807, 2.05) is 0 Å². The highest BCUT2D eigenvalue weighted by Gasteiger charge is 2.35. The van der Waals surface area contributed by atoms with Crippen LogP contribution in [0.1, 0.15) is 25.7 Å². The van der Waals surface area contributed by atoms with Crippen LogP contribution in [0.25, 0.3) is 0 Å². The van der Waals surface area contributed by atoms with Gasteiger partial charge in [0.2, 0.25) is 0 Å². The average molecular weight is 268 g/mol. The lowest BCUT2D eigenvalue weighted by Crippen LogP contribution is -2.55. The van der Waals surface area contributed by atoms with Gasteiger partial charge in [-0.15, -0.1) is 0 Å². The van der Waals surface area contributed by atoms with Gasteiger partial charge in [0.1, 0.15) is 0 Å². The van der Waals surface area contributed by atoms with Gasteiger partial charge in [-0.1, -0.05) is 35.4 Å². The smallest absolute Gasteiger partial charge is 0.0857 e. The summed E-state index contributed by atoms with van der Waals surface area (Å²) in [6, 6.07) is 0.641. The maximum Gasteiger partial charge on any atom is 0.0857 e. The van der Waals surface area contributed by atoms with E-state index in [-0.39, 0.29) is 0 Å². The molecule has 0 spiro atoms. The highest BCUT2D eigenvalue weighted by atomic mass is 127. The van der Waals surface area contributed by atoms with Gasteiger partial charge < -0.3 is 10.6 Å². The van der Waals surface area contributed by atoms with Crippen molar-refractivity contribution in [2.24, 2.45) is 0 Å². The molecule has 2 N–H and O–H groups in total. The second-order valence-corrected chi connectivity index (χ2v) is 5.12. The summed E-state index contributed by atoms with van der Waals surface area (Å²) < 4.78 is 0.296. The van der Waals surface area contributed by atoms with Crippen molar-refractivity contribution in [3.63, 3.8) is 0 Å². The molecule has 2 atom stereocenters. The summed E-state index contributed by atoms with van der Waals surface area (Å²) in [6.07, 6.45) is 5.33. The molecule has 2 unspecified atom stereocenters. The van der Waals surface area contributed by atoms with Crippen LogP contribution in [0.2, 0.25) is 0 Å². The largest absolute Gasteiger partial charge is 0.314 e. The molecule has 0 amide bonds. The van der Waals surface area contributed by atoms with Gasteiger partial charge in [-0.3, -0.25) is 0 Å². The van der Waals surface area contributed by atoms with Crippen LogP contribution in [-0.2, 0) is 0 Å². The number of alkyl halides is 1. The Hall–Kier alpha value is 0.650. The summed E-state index contributed by atoms with van der Waals surface area (Å²) in [4.78, 5) is 0. The Bertz CT molecular complexity index is 129. The fourth-order valence-corrected chi connectivity index (χ4v) is 2.81. The van der Waals surface area contributed by atoms with Crippen LogP contribution < -0.4 is 10.6 Å². The Kier molecular flexibility index (Phi) is 3.58. The van der Waals surface area contributed by atoms with Crippen molar-refractivity contribution >= 4 is 22.6 Å². The van der Waals surface area contributed by atoms with Crippen molar-refractivity contribution < 1.29 is 0 Å². The van der Waals surface area contributed by atoms with Crippen LogP contribution in [0, 0.1) is 0 Å². The lowest BCUT2D eigenvalue weighted by atomic mass is 9.90. The van der Waals surface area contributed by atoms with Crippen LogP contribution in [0.3, 0.4) is 0 Å². The van der Waals surface area contributed by atoms with Crippen LogP contribution in [-0.4, -0.2) is 23.7 Å². The quantitative estimate of drug-likeness (QED) is 0.450. The minimum absolute atomic E-state index is 0.296. The van der Waals surface area contributed by atoms with E-state index in [9.17, 15) is 0 Å². The number of nitrogens with one attached hydrogen (secondary N) is 2. The molecule has 1 saturated carbocycles. The highest BCUT2D eigenvalue weighted by molar-refractivity contribution is 14.1. The predicted molar refractivity (Wildman–Crippen MR) is 57.1 cm³/mol. The third kappa shape index (κ3) is 2.06. The summed E-state index contributed by atoms with van der Waals surface area (Å²) in [5, 5.41) is 6.78. The molecule has 0 radical (unpaired) electrons. The summed E-state index contributed by atoms with van der Waals surface area (Å²) in [5.74, 6) is 0. The molecule has 0 aromatic heterocycles. The molecule has 0 bridgehead atoms. The highest BCUT2D eigenvalue weighted by Crippen LogP contribution is 2.33. The average Bonchev–Trinajstić information content (AvgIpc) is 2.05. The molecule has 0 heterocycles. The first-order chi connectivity index (χ1) is 5.23. The summed E-state index contributed by atoms with van der Waals surface area (Å²) in [6.45, 7) is 0. The Morgan fingerprint density at radius 2 is 2.09 bits per heavy atom. The topological polar surface area (TPSA) is 24.1 Å². The Morgan fingerprint density at radius 3 is 2.55 bits per heavy atom. The first kappa shape index (κ1) is 9.74. The molecule has 3 heteroatoms. The zero-order valence-corrected chi connectivity index (χ0v) is 9.44. The van der Waals surface area contributed by atoms with Crippen molar-refractivity contribution in [1.82, 2.24) is 10.6 Å². The van der Waals surface area contributed by atoms with E-state index in [1.54, 1.807) is 0 Å². The maximum atomic E-state index is 3.41. The van der Waals surface area contributed by atoms with Gasteiger partial charge in [0.25, 0.3) is 0 Å². The number of rotatable bonds is 2. The van der Waals surface area contributed by atoms with Gasteiger partial charge >= 0.3 is 0 Å². The van der Waals surface area contributed by atoms with Crippen molar-refractivity contribution in [1.29, 1.82) is 0 Å². The van der Waals surface area contributed by atoms with Gasteiger partial charge in [0, 0.05) is 6.04 Å². The molecule has 2 nitrogen and oxygen atoms in total. The maximum absolute atomic E-state index is 3.41. The van der Waals surface area contributed by atoms with Gasteiger partial charge in [-0.25, -0.2) is 0 Å². The first-order valence-electron chi connectivity index (χ1n) is 4.28. The monoisotopic (exact) mass is 268 g/mol. The fraction of sp³-hybridized carbons (Fsp3) is 1.00.